The summed E-state index contributed by atoms with van der Waals surface area (Å²) in [6.07, 6.45) is 1.33. The molecule has 1 aliphatic rings. The van der Waals surface area contributed by atoms with Crippen molar-refractivity contribution in [3.63, 3.8) is 0 Å². The molecule has 0 saturated carbocycles. The van der Waals surface area contributed by atoms with Gasteiger partial charge in [-0.15, -0.1) is 0 Å². The molecule has 1 aromatic rings. The highest BCUT2D eigenvalue weighted by molar-refractivity contribution is 5.96. The Morgan fingerprint density at radius 2 is 1.14 bits per heavy atom. The van der Waals surface area contributed by atoms with Crippen LogP contribution in [-0.2, 0) is 63.9 Å². The molecule has 0 aliphatic carbocycles. The van der Waals surface area contributed by atoms with Gasteiger partial charge in [0.2, 0.25) is 23.6 Å². The Hall–Kier alpha value is -5.30. The predicted molar refractivity (Wildman–Crippen MR) is 258 cm³/mol. The number of aliphatic carboxylic acids is 1. The van der Waals surface area contributed by atoms with E-state index in [2.05, 4.69) is 26.6 Å². The van der Waals surface area contributed by atoms with E-state index in [4.69, 9.17) is 29.4 Å². The van der Waals surface area contributed by atoms with E-state index < -0.39 is 41.7 Å². The van der Waals surface area contributed by atoms with Gasteiger partial charge in [-0.25, -0.2) is 4.79 Å². The second-order valence-corrected chi connectivity index (χ2v) is 15.8. The summed E-state index contributed by atoms with van der Waals surface area (Å²) in [6, 6.07) is 5.33. The van der Waals surface area contributed by atoms with Crippen molar-refractivity contribution in [1.29, 1.82) is 0 Å². The van der Waals surface area contributed by atoms with E-state index in [0.29, 0.717) is 111 Å². The van der Waals surface area contributed by atoms with Gasteiger partial charge in [-0.1, -0.05) is 46.8 Å². The molecule has 1 saturated heterocycles. The number of primary amides is 1. The van der Waals surface area contributed by atoms with Crippen LogP contribution in [0.25, 0.3) is 0 Å². The molecule has 23 heteroatoms. The molecule has 1 unspecified atom stereocenters. The molecular formula is C46H81N9O14. The predicted octanol–water partition coefficient (Wildman–Crippen LogP) is 0.202. The molecule has 1 heterocycles. The number of anilines is 1. The van der Waals surface area contributed by atoms with Gasteiger partial charge in [0.25, 0.3) is 0 Å². The number of esters is 1. The molecule has 23 nitrogen and oxygen atoms in total. The van der Waals surface area contributed by atoms with Crippen LogP contribution < -0.4 is 32.3 Å². The van der Waals surface area contributed by atoms with Crippen LogP contribution in [0.5, 0.6) is 0 Å². The maximum atomic E-state index is 13.3. The molecule has 1 fully saturated rings. The van der Waals surface area contributed by atoms with Crippen molar-refractivity contribution in [3.05, 3.63) is 29.8 Å². The summed E-state index contributed by atoms with van der Waals surface area (Å²) >= 11 is 0. The van der Waals surface area contributed by atoms with Gasteiger partial charge < -0.3 is 61.1 Å². The van der Waals surface area contributed by atoms with Crippen LogP contribution in [-0.4, -0.2) is 205 Å². The molecule has 2 rings (SSSR count). The number of carboxylic acids is 1. The molecule has 1 aromatic carbocycles. The zero-order valence-corrected chi connectivity index (χ0v) is 41.9. The van der Waals surface area contributed by atoms with Gasteiger partial charge >= 0.3 is 18.0 Å². The first-order chi connectivity index (χ1) is 33.0. The van der Waals surface area contributed by atoms with E-state index in [1.54, 1.807) is 43.0 Å². The number of hydrogen-bond donors (Lipinski definition) is 7. The van der Waals surface area contributed by atoms with Gasteiger partial charge in [0.1, 0.15) is 18.4 Å². The van der Waals surface area contributed by atoms with E-state index >= 15 is 0 Å². The number of ether oxygens (including phenoxy) is 5. The first-order valence-electron chi connectivity index (χ1n) is 23.6. The fourth-order valence-electron chi connectivity index (χ4n) is 5.91. The molecule has 394 valence electrons. The van der Waals surface area contributed by atoms with Crippen LogP contribution in [0.3, 0.4) is 0 Å². The van der Waals surface area contributed by atoms with Crippen LogP contribution in [0, 0.1) is 5.92 Å². The number of ketones is 1. The minimum atomic E-state index is -0.987. The Bertz CT molecular complexity index is 1640. The van der Waals surface area contributed by atoms with Crippen molar-refractivity contribution in [2.24, 2.45) is 11.7 Å². The van der Waals surface area contributed by atoms with E-state index in [1.807, 2.05) is 30.6 Å². The van der Waals surface area contributed by atoms with Crippen LogP contribution in [0.2, 0.25) is 0 Å². The topological polar surface area (TPSA) is 299 Å². The number of nitrogens with zero attached hydrogens (tertiary/aromatic N) is 3. The third-order valence-electron chi connectivity index (χ3n) is 9.49. The molecule has 69 heavy (non-hydrogen) atoms. The van der Waals surface area contributed by atoms with E-state index in [0.717, 1.165) is 12.0 Å². The maximum Gasteiger partial charge on any atom is 0.317 e. The van der Waals surface area contributed by atoms with Crippen molar-refractivity contribution in [2.45, 2.75) is 74.0 Å². The number of hydrogen-bond acceptors (Lipinski definition) is 16. The summed E-state index contributed by atoms with van der Waals surface area (Å²) in [5, 5.41) is 22.8. The summed E-state index contributed by atoms with van der Waals surface area (Å²) in [7, 11) is 0. The summed E-state index contributed by atoms with van der Waals surface area (Å²) < 4.78 is 26.6. The second kappa shape index (κ2) is 40.6. The van der Waals surface area contributed by atoms with Gasteiger partial charge in [-0.3, -0.25) is 48.3 Å². The first kappa shape index (κ1) is 63.7. The van der Waals surface area contributed by atoms with Crippen LogP contribution >= 0.6 is 0 Å². The lowest BCUT2D eigenvalue weighted by Crippen LogP contribution is -2.53. The number of urea groups is 1. The number of amides is 6. The average Bonchev–Trinajstić information content (AvgIpc) is 3.38. The number of Topliss-reactive ketones (excluding diaryl/α,β-unsaturated/α-hetero) is 1. The highest BCUT2D eigenvalue weighted by atomic mass is 16.6. The maximum absolute atomic E-state index is 13.3. The summed E-state index contributed by atoms with van der Waals surface area (Å²) in [4.78, 5) is 101. The van der Waals surface area contributed by atoms with Crippen molar-refractivity contribution in [3.8, 4) is 0 Å². The fraction of sp³-hybridized carbons (Fsp3) is 0.696. The third kappa shape index (κ3) is 36.4. The quantitative estimate of drug-likeness (QED) is 0.0386. The zero-order valence-electron chi connectivity index (χ0n) is 41.9. The van der Waals surface area contributed by atoms with E-state index in [9.17, 15) is 43.5 Å². The lowest BCUT2D eigenvalue weighted by molar-refractivity contribution is -0.142. The van der Waals surface area contributed by atoms with Gasteiger partial charge in [0, 0.05) is 71.4 Å². The molecule has 0 aromatic heterocycles. The normalized spacial score (nSPS) is 13.6. The number of rotatable bonds is 31. The molecule has 0 bridgehead atoms. The minimum Gasteiger partial charge on any atom is -0.480 e. The molecule has 0 spiro atoms. The second-order valence-electron chi connectivity index (χ2n) is 15.8. The molecule has 1 atom stereocenters. The minimum absolute atomic E-state index is 0.0659. The van der Waals surface area contributed by atoms with Gasteiger partial charge in [-0.05, 0) is 37.0 Å². The Morgan fingerprint density at radius 3 is 1.59 bits per heavy atom. The highest BCUT2D eigenvalue weighted by Gasteiger charge is 2.26. The summed E-state index contributed by atoms with van der Waals surface area (Å²) in [5.74, 6) is -3.24. The number of carboxylic acid groups (broad SMARTS) is 1. The van der Waals surface area contributed by atoms with E-state index in [1.165, 1.54) is 13.8 Å². The van der Waals surface area contributed by atoms with Gasteiger partial charge in [0.05, 0.1) is 79.0 Å². The fourth-order valence-corrected chi connectivity index (χ4v) is 5.91. The Kier molecular flexibility index (Phi) is 37.5. The molecule has 0 radical (unpaired) electrons. The Balaban J connectivity index is 0.00000468. The van der Waals surface area contributed by atoms with Crippen LogP contribution in [0.4, 0.5) is 10.5 Å². The molecule has 6 amide bonds. The SMILES string of the molecule is CC.CC(=O)CCOCCOCCOCCOCCNC(=O)CN1CCN(CC(=O)O)CCN(CC(=O)NC(C(=O)NCC(=O)Nc2ccc(COC(C)=O)cc2)C(C)C)CC1.CCCNC(N)=O. The first-order valence-corrected chi connectivity index (χ1v) is 23.6. The largest absolute Gasteiger partial charge is 0.480 e. The van der Waals surface area contributed by atoms with Crippen molar-refractivity contribution < 1.29 is 67.1 Å². The number of nitrogens with two attached hydrogens (primary N) is 1. The third-order valence-corrected chi connectivity index (χ3v) is 9.49. The molecule has 8 N–H and O–H groups in total. The highest BCUT2D eigenvalue weighted by Crippen LogP contribution is 2.11. The van der Waals surface area contributed by atoms with Gasteiger partial charge in [0.15, 0.2) is 0 Å². The van der Waals surface area contributed by atoms with Crippen LogP contribution in [0.1, 0.15) is 66.9 Å². The van der Waals surface area contributed by atoms with E-state index in [-0.39, 0.29) is 57.0 Å². The Labute approximate surface area is 407 Å². The molecule has 1 aliphatic heterocycles. The monoisotopic (exact) mass is 984 g/mol. The standard InChI is InChI=1S/C40H65N7O13.C4H10N2O.C2H6/c1-30(2)39(40(55)42-25-35(50)43-34-7-5-33(6-8-34)29-60-32(4)49)44-37(52)27-46-12-11-45(13-15-47(16-14-46)28-38(53)54)26-36(51)41-10-18-57-20-22-59-24-23-58-21-19-56-17-9-31(3)48;1-2-3-6-4(5)7;1-2/h5-8,30,39H,9-29H2,1-4H3,(H,41,51)(H,42,55)(H,43,50)(H,44,52)(H,53,54);2-3H2,1H3,(H3,5,6,7);1-2H3. The van der Waals surface area contributed by atoms with Crippen molar-refractivity contribution >= 4 is 53.1 Å². The van der Waals surface area contributed by atoms with Crippen molar-refractivity contribution in [2.75, 3.05) is 137 Å². The van der Waals surface area contributed by atoms with Crippen molar-refractivity contribution in [1.82, 2.24) is 36.0 Å². The number of carbonyl (C=O) groups is 8. The summed E-state index contributed by atoms with van der Waals surface area (Å²) in [6.45, 7) is 18.4. The number of nitrogens with one attached hydrogen (secondary N) is 5. The van der Waals surface area contributed by atoms with Gasteiger partial charge in [-0.2, -0.15) is 0 Å². The Morgan fingerprint density at radius 1 is 0.652 bits per heavy atom. The number of benzene rings is 1. The smallest absolute Gasteiger partial charge is 0.317 e. The average molecular weight is 984 g/mol. The lowest BCUT2D eigenvalue weighted by Gasteiger charge is -2.27. The lowest BCUT2D eigenvalue weighted by atomic mass is 10.0. The molecular weight excluding hydrogens is 903 g/mol. The van der Waals surface area contributed by atoms with Crippen LogP contribution in [0.15, 0.2) is 24.3 Å². The zero-order chi connectivity index (χ0) is 51.8. The summed E-state index contributed by atoms with van der Waals surface area (Å²) in [5.41, 5.74) is 5.96. The number of carbonyl (C=O) groups excluding carboxylic acids is 7.